The number of hydrogen-bond donors (Lipinski definition) is 2. The summed E-state index contributed by atoms with van der Waals surface area (Å²) in [6, 6.07) is 14.0. The maximum Gasteiger partial charge on any atom is 0.258 e. The summed E-state index contributed by atoms with van der Waals surface area (Å²) in [6.45, 7) is 3.30. The molecule has 2 heterocycles. The van der Waals surface area contributed by atoms with Gasteiger partial charge in [0.15, 0.2) is 0 Å². The number of para-hydroxylation sites is 1. The largest absolute Gasteiger partial charge is 0.497 e. The molecule has 1 fully saturated rings. The number of amides is 1. The van der Waals surface area contributed by atoms with Crippen LogP contribution >= 0.6 is 0 Å². The fourth-order valence-corrected chi connectivity index (χ4v) is 3.85. The summed E-state index contributed by atoms with van der Waals surface area (Å²) in [7, 11) is 1.56. The van der Waals surface area contributed by atoms with Crippen molar-refractivity contribution in [2.24, 2.45) is 0 Å². The molecule has 0 bridgehead atoms. The SMILES string of the molecule is COc1ccc(N2C(=O)C[C@@](C)(O)[C@@]2(C)c2nc3ccccc3c(=O)[nH]2)cc1. The summed E-state index contributed by atoms with van der Waals surface area (Å²) < 4.78 is 5.19. The van der Waals surface area contributed by atoms with Crippen LogP contribution in [0.15, 0.2) is 53.3 Å². The van der Waals surface area contributed by atoms with E-state index in [1.807, 2.05) is 0 Å². The molecule has 2 atom stereocenters. The van der Waals surface area contributed by atoms with E-state index < -0.39 is 11.1 Å². The van der Waals surface area contributed by atoms with Crippen LogP contribution in [0.2, 0.25) is 0 Å². The molecule has 1 saturated heterocycles. The first-order valence-corrected chi connectivity index (χ1v) is 8.97. The van der Waals surface area contributed by atoms with Crippen LogP contribution in [0.1, 0.15) is 26.1 Å². The van der Waals surface area contributed by atoms with Gasteiger partial charge in [-0.05, 0) is 50.2 Å². The van der Waals surface area contributed by atoms with Crippen molar-refractivity contribution in [1.82, 2.24) is 9.97 Å². The number of aromatic amines is 1. The molecule has 3 aromatic rings. The van der Waals surface area contributed by atoms with E-state index in [4.69, 9.17) is 4.74 Å². The third-order valence-electron chi connectivity index (χ3n) is 5.65. The van der Waals surface area contributed by atoms with Gasteiger partial charge in [-0.2, -0.15) is 0 Å². The second kappa shape index (κ2) is 6.17. The van der Waals surface area contributed by atoms with E-state index in [-0.39, 0.29) is 23.7 Å². The molecule has 4 rings (SSSR count). The maximum absolute atomic E-state index is 12.9. The van der Waals surface area contributed by atoms with E-state index in [2.05, 4.69) is 9.97 Å². The smallest absolute Gasteiger partial charge is 0.258 e. The molecule has 2 aromatic carbocycles. The molecule has 0 spiro atoms. The average molecular weight is 379 g/mol. The van der Waals surface area contributed by atoms with Crippen LogP contribution in [0.25, 0.3) is 10.9 Å². The van der Waals surface area contributed by atoms with E-state index in [1.54, 1.807) is 69.5 Å². The van der Waals surface area contributed by atoms with Gasteiger partial charge >= 0.3 is 0 Å². The quantitative estimate of drug-likeness (QED) is 0.728. The van der Waals surface area contributed by atoms with Crippen LogP contribution in [0, 0.1) is 0 Å². The summed E-state index contributed by atoms with van der Waals surface area (Å²) >= 11 is 0. The summed E-state index contributed by atoms with van der Waals surface area (Å²) in [5.74, 6) is 0.637. The Hall–Kier alpha value is -3.19. The zero-order chi connectivity index (χ0) is 20.1. The Bertz CT molecular complexity index is 1120. The van der Waals surface area contributed by atoms with Gasteiger partial charge in [-0.15, -0.1) is 0 Å². The highest BCUT2D eigenvalue weighted by atomic mass is 16.5. The van der Waals surface area contributed by atoms with Crippen molar-refractivity contribution in [3.63, 3.8) is 0 Å². The fourth-order valence-electron chi connectivity index (χ4n) is 3.85. The standard InChI is InChI=1S/C21H21N3O4/c1-20(27)12-17(25)24(13-8-10-14(28-3)11-9-13)21(20,2)19-22-16-7-5-4-6-15(16)18(26)23-19/h4-11,27H,12H2,1-3H3,(H,22,23,26)/t20-,21-/m1/s1. The first-order valence-electron chi connectivity index (χ1n) is 8.97. The van der Waals surface area contributed by atoms with Gasteiger partial charge in [-0.3, -0.25) is 14.5 Å². The number of ether oxygens (including phenoxy) is 1. The van der Waals surface area contributed by atoms with E-state index in [0.29, 0.717) is 22.3 Å². The topological polar surface area (TPSA) is 95.5 Å². The van der Waals surface area contributed by atoms with Crippen LogP contribution in [0.5, 0.6) is 5.75 Å². The minimum atomic E-state index is -1.44. The first-order chi connectivity index (χ1) is 13.3. The van der Waals surface area contributed by atoms with E-state index >= 15 is 0 Å². The highest BCUT2D eigenvalue weighted by molar-refractivity contribution is 5.99. The third kappa shape index (κ3) is 2.51. The second-order valence-corrected chi connectivity index (χ2v) is 7.38. The van der Waals surface area contributed by atoms with Crippen LogP contribution in [-0.4, -0.2) is 33.7 Å². The molecule has 144 valence electrons. The van der Waals surface area contributed by atoms with Gasteiger partial charge in [0.1, 0.15) is 22.7 Å². The van der Waals surface area contributed by atoms with Crippen molar-refractivity contribution >= 4 is 22.5 Å². The third-order valence-corrected chi connectivity index (χ3v) is 5.65. The monoisotopic (exact) mass is 379 g/mol. The van der Waals surface area contributed by atoms with Crippen molar-refractivity contribution < 1.29 is 14.6 Å². The predicted molar refractivity (Wildman–Crippen MR) is 105 cm³/mol. The summed E-state index contributed by atoms with van der Waals surface area (Å²) in [5.41, 5.74) is -1.93. The van der Waals surface area contributed by atoms with Crippen LogP contribution in [0.4, 0.5) is 5.69 Å². The number of carbonyl (C=O) groups is 1. The number of nitrogens with zero attached hydrogens (tertiary/aromatic N) is 2. The van der Waals surface area contributed by atoms with Crippen molar-refractivity contribution in [3.8, 4) is 5.75 Å². The second-order valence-electron chi connectivity index (χ2n) is 7.38. The number of H-pyrrole nitrogens is 1. The molecule has 1 aromatic heterocycles. The van der Waals surface area contributed by atoms with Gasteiger partial charge in [0.05, 0.1) is 24.4 Å². The molecule has 0 saturated carbocycles. The molecule has 28 heavy (non-hydrogen) atoms. The lowest BCUT2D eigenvalue weighted by Gasteiger charge is -2.41. The molecule has 7 heteroatoms. The minimum absolute atomic E-state index is 0.0912. The van der Waals surface area contributed by atoms with Gasteiger partial charge < -0.3 is 14.8 Å². The lowest BCUT2D eigenvalue weighted by atomic mass is 9.82. The van der Waals surface area contributed by atoms with E-state index in [1.165, 1.54) is 4.90 Å². The number of nitrogens with one attached hydrogen (secondary N) is 1. The lowest BCUT2D eigenvalue weighted by molar-refractivity contribution is -0.118. The number of carbonyl (C=O) groups excluding carboxylic acids is 1. The number of rotatable bonds is 3. The molecule has 2 N–H and O–H groups in total. The number of fused-ring (bicyclic) bond motifs is 1. The van der Waals surface area contributed by atoms with Crippen molar-refractivity contribution in [3.05, 3.63) is 64.7 Å². The van der Waals surface area contributed by atoms with Gasteiger partial charge in [0.2, 0.25) is 5.91 Å². The lowest BCUT2D eigenvalue weighted by Crippen LogP contribution is -2.54. The Morgan fingerprint density at radius 2 is 1.79 bits per heavy atom. The normalized spacial score (nSPS) is 24.7. The number of methoxy groups -OCH3 is 1. The van der Waals surface area contributed by atoms with Gasteiger partial charge in [0.25, 0.3) is 5.56 Å². The summed E-state index contributed by atoms with van der Waals surface area (Å²) in [6.07, 6.45) is -0.0912. The molecule has 1 aliphatic heterocycles. The molecule has 7 nitrogen and oxygen atoms in total. The van der Waals surface area contributed by atoms with Crippen molar-refractivity contribution in [2.45, 2.75) is 31.4 Å². The molecule has 0 unspecified atom stereocenters. The predicted octanol–water partition coefficient (Wildman–Crippen LogP) is 2.33. The van der Waals surface area contributed by atoms with Crippen LogP contribution in [0.3, 0.4) is 0 Å². The Kier molecular flexibility index (Phi) is 4.01. The van der Waals surface area contributed by atoms with Crippen molar-refractivity contribution in [1.29, 1.82) is 0 Å². The molecule has 0 radical (unpaired) electrons. The minimum Gasteiger partial charge on any atom is -0.497 e. The Labute approximate surface area is 161 Å². The fraction of sp³-hybridized carbons (Fsp3) is 0.286. The Morgan fingerprint density at radius 3 is 2.46 bits per heavy atom. The Morgan fingerprint density at radius 1 is 1.11 bits per heavy atom. The number of hydrogen-bond acceptors (Lipinski definition) is 5. The number of aromatic nitrogens is 2. The average Bonchev–Trinajstić information content (AvgIpc) is 2.86. The molecular formula is C21H21N3O4. The zero-order valence-electron chi connectivity index (χ0n) is 15.9. The molecule has 1 aliphatic rings. The summed E-state index contributed by atoms with van der Waals surface area (Å²) in [5, 5.41) is 11.6. The number of aliphatic hydroxyl groups is 1. The number of anilines is 1. The molecule has 0 aliphatic carbocycles. The van der Waals surface area contributed by atoms with Gasteiger partial charge in [-0.25, -0.2) is 4.98 Å². The highest BCUT2D eigenvalue weighted by Crippen LogP contribution is 2.47. The zero-order valence-corrected chi connectivity index (χ0v) is 15.9. The Balaban J connectivity index is 1.94. The summed E-state index contributed by atoms with van der Waals surface area (Å²) in [4.78, 5) is 34.4. The van der Waals surface area contributed by atoms with E-state index in [0.717, 1.165) is 0 Å². The molecule has 1 amide bonds. The van der Waals surface area contributed by atoms with Crippen molar-refractivity contribution in [2.75, 3.05) is 12.0 Å². The maximum atomic E-state index is 12.9. The van der Waals surface area contributed by atoms with Gasteiger partial charge in [-0.1, -0.05) is 12.1 Å². The molecular weight excluding hydrogens is 358 g/mol. The number of benzene rings is 2. The first kappa shape index (κ1) is 18.2. The van der Waals surface area contributed by atoms with Gasteiger partial charge in [0, 0.05) is 5.69 Å². The van der Waals surface area contributed by atoms with Crippen LogP contribution in [-0.2, 0) is 10.3 Å². The van der Waals surface area contributed by atoms with E-state index in [9.17, 15) is 14.7 Å². The van der Waals surface area contributed by atoms with Crippen LogP contribution < -0.4 is 15.2 Å². The highest BCUT2D eigenvalue weighted by Gasteiger charge is 2.60.